The molecule has 0 aliphatic heterocycles. The molecule has 0 saturated heterocycles. The van der Waals surface area contributed by atoms with E-state index in [0.29, 0.717) is 5.75 Å². The van der Waals surface area contributed by atoms with Gasteiger partial charge in [-0.2, -0.15) is 0 Å². The summed E-state index contributed by atoms with van der Waals surface area (Å²) < 4.78 is 10.4. The van der Waals surface area contributed by atoms with Crippen LogP contribution in [0.3, 0.4) is 0 Å². The fourth-order valence-electron chi connectivity index (χ4n) is 1.65. The molecular weight excluding hydrogens is 242 g/mol. The molecule has 1 rings (SSSR count). The molecule has 106 valence electrons. The molecule has 0 saturated carbocycles. The summed E-state index contributed by atoms with van der Waals surface area (Å²) in [6.45, 7) is 5.61. The van der Waals surface area contributed by atoms with Crippen LogP contribution < -0.4 is 10.5 Å². The predicted octanol–water partition coefficient (Wildman–Crippen LogP) is 2.30. The van der Waals surface area contributed by atoms with Crippen LogP contribution in [0.4, 0.5) is 0 Å². The zero-order valence-corrected chi connectivity index (χ0v) is 11.9. The van der Waals surface area contributed by atoms with E-state index in [-0.39, 0.29) is 24.7 Å². The van der Waals surface area contributed by atoms with Crippen LogP contribution >= 0.6 is 0 Å². The second kappa shape index (κ2) is 7.79. The van der Waals surface area contributed by atoms with Crippen molar-refractivity contribution in [1.82, 2.24) is 0 Å². The molecule has 1 atom stereocenters. The lowest BCUT2D eigenvalue weighted by Crippen LogP contribution is -2.21. The third kappa shape index (κ3) is 6.25. The number of rotatable bonds is 7. The Morgan fingerprint density at radius 3 is 2.74 bits per heavy atom. The largest absolute Gasteiger partial charge is 0.482 e. The first-order chi connectivity index (χ1) is 9.01. The highest BCUT2D eigenvalue weighted by molar-refractivity contribution is 5.71. The highest BCUT2D eigenvalue weighted by atomic mass is 16.6. The van der Waals surface area contributed by atoms with Crippen LogP contribution in [0.5, 0.6) is 5.75 Å². The lowest BCUT2D eigenvalue weighted by molar-refractivity contribution is -0.149. The van der Waals surface area contributed by atoms with Gasteiger partial charge in [0.1, 0.15) is 5.75 Å². The van der Waals surface area contributed by atoms with E-state index in [1.165, 1.54) is 0 Å². The average molecular weight is 265 g/mol. The molecular formula is C15H23NO3. The summed E-state index contributed by atoms with van der Waals surface area (Å²) in [6.07, 6.45) is 1.63. The van der Waals surface area contributed by atoms with Crippen LogP contribution in [-0.4, -0.2) is 24.7 Å². The fraction of sp³-hybridized carbons (Fsp3) is 0.533. The van der Waals surface area contributed by atoms with Crippen molar-refractivity contribution in [2.45, 2.75) is 45.8 Å². The van der Waals surface area contributed by atoms with Crippen LogP contribution in [0.2, 0.25) is 0 Å². The molecule has 0 spiro atoms. The Balaban J connectivity index is 2.50. The molecule has 0 fully saturated rings. The molecule has 0 radical (unpaired) electrons. The van der Waals surface area contributed by atoms with E-state index in [9.17, 15) is 4.79 Å². The lowest BCUT2D eigenvalue weighted by Gasteiger charge is -2.11. The zero-order valence-electron chi connectivity index (χ0n) is 11.9. The van der Waals surface area contributed by atoms with Crippen molar-refractivity contribution in [2.24, 2.45) is 5.73 Å². The number of esters is 1. The molecule has 1 unspecified atom stereocenters. The number of carbonyl (C=O) groups is 1. The van der Waals surface area contributed by atoms with Crippen molar-refractivity contribution in [2.75, 3.05) is 6.61 Å². The number of hydrogen-bond donors (Lipinski definition) is 1. The van der Waals surface area contributed by atoms with Gasteiger partial charge in [-0.1, -0.05) is 19.1 Å². The first-order valence-electron chi connectivity index (χ1n) is 6.68. The van der Waals surface area contributed by atoms with Gasteiger partial charge in [0, 0.05) is 6.04 Å². The highest BCUT2D eigenvalue weighted by Crippen LogP contribution is 2.15. The van der Waals surface area contributed by atoms with Crippen LogP contribution in [-0.2, 0) is 16.0 Å². The Kier molecular flexibility index (Phi) is 6.36. The summed E-state index contributed by atoms with van der Waals surface area (Å²) >= 11 is 0. The van der Waals surface area contributed by atoms with E-state index < -0.39 is 0 Å². The Morgan fingerprint density at radius 1 is 1.37 bits per heavy atom. The maximum absolute atomic E-state index is 11.4. The molecule has 1 aromatic carbocycles. The minimum atomic E-state index is -0.356. The molecule has 4 heteroatoms. The van der Waals surface area contributed by atoms with Gasteiger partial charge in [0.25, 0.3) is 0 Å². The summed E-state index contributed by atoms with van der Waals surface area (Å²) in [5.74, 6) is 0.312. The predicted molar refractivity (Wildman–Crippen MR) is 75.1 cm³/mol. The second-order valence-corrected chi connectivity index (χ2v) is 4.85. The molecule has 0 heterocycles. The van der Waals surface area contributed by atoms with Gasteiger partial charge in [-0.05, 0) is 44.4 Å². The van der Waals surface area contributed by atoms with Gasteiger partial charge in [0.2, 0.25) is 0 Å². The Bertz CT molecular complexity index is 404. The average Bonchev–Trinajstić information content (AvgIpc) is 2.36. The van der Waals surface area contributed by atoms with Gasteiger partial charge in [-0.15, -0.1) is 0 Å². The van der Waals surface area contributed by atoms with Gasteiger partial charge in [-0.3, -0.25) is 0 Å². The van der Waals surface area contributed by atoms with Crippen molar-refractivity contribution < 1.29 is 14.3 Å². The van der Waals surface area contributed by atoms with Crippen LogP contribution in [0, 0.1) is 0 Å². The van der Waals surface area contributed by atoms with Gasteiger partial charge in [0.05, 0.1) is 6.10 Å². The number of ether oxygens (including phenoxy) is 2. The molecule has 4 nitrogen and oxygen atoms in total. The minimum absolute atomic E-state index is 0.0680. The second-order valence-electron chi connectivity index (χ2n) is 4.85. The van der Waals surface area contributed by atoms with E-state index in [1.54, 1.807) is 0 Å². The number of nitrogens with two attached hydrogens (primary N) is 1. The monoisotopic (exact) mass is 265 g/mol. The molecule has 2 N–H and O–H groups in total. The normalized spacial score (nSPS) is 12.3. The van der Waals surface area contributed by atoms with Crippen molar-refractivity contribution in [3.8, 4) is 5.75 Å². The smallest absolute Gasteiger partial charge is 0.344 e. The highest BCUT2D eigenvalue weighted by Gasteiger charge is 2.07. The maximum Gasteiger partial charge on any atom is 0.344 e. The molecule has 0 aromatic heterocycles. The third-order valence-corrected chi connectivity index (χ3v) is 2.64. The summed E-state index contributed by atoms with van der Waals surface area (Å²) in [6, 6.07) is 7.80. The van der Waals surface area contributed by atoms with E-state index in [1.807, 2.05) is 38.1 Å². The van der Waals surface area contributed by atoms with Crippen molar-refractivity contribution in [3.05, 3.63) is 29.8 Å². The molecule has 0 amide bonds. The van der Waals surface area contributed by atoms with E-state index in [0.717, 1.165) is 18.4 Å². The van der Waals surface area contributed by atoms with Crippen molar-refractivity contribution in [3.63, 3.8) is 0 Å². The molecule has 0 aliphatic rings. The number of benzene rings is 1. The summed E-state index contributed by atoms with van der Waals surface area (Å²) in [4.78, 5) is 11.4. The van der Waals surface area contributed by atoms with Gasteiger partial charge >= 0.3 is 5.97 Å². The Hall–Kier alpha value is -1.55. The number of carbonyl (C=O) groups excluding carboxylic acids is 1. The topological polar surface area (TPSA) is 61.5 Å². The molecule has 1 aromatic rings. The number of hydrogen-bond acceptors (Lipinski definition) is 4. The van der Waals surface area contributed by atoms with E-state index >= 15 is 0 Å². The Morgan fingerprint density at radius 2 is 2.11 bits per heavy atom. The first-order valence-corrected chi connectivity index (χ1v) is 6.68. The van der Waals surface area contributed by atoms with Crippen molar-refractivity contribution >= 4 is 5.97 Å². The SMILES string of the molecule is CCC(N)Cc1cccc(OCC(=O)OC(C)C)c1. The van der Waals surface area contributed by atoms with Crippen LogP contribution in [0.25, 0.3) is 0 Å². The van der Waals surface area contributed by atoms with Gasteiger partial charge < -0.3 is 15.2 Å². The van der Waals surface area contributed by atoms with Gasteiger partial charge in [0.15, 0.2) is 6.61 Å². The summed E-state index contributed by atoms with van der Waals surface area (Å²) in [7, 11) is 0. The molecule has 0 aliphatic carbocycles. The lowest BCUT2D eigenvalue weighted by atomic mass is 10.0. The zero-order chi connectivity index (χ0) is 14.3. The Labute approximate surface area is 114 Å². The maximum atomic E-state index is 11.4. The third-order valence-electron chi connectivity index (χ3n) is 2.64. The first kappa shape index (κ1) is 15.5. The summed E-state index contributed by atoms with van der Waals surface area (Å²) in [5, 5.41) is 0. The van der Waals surface area contributed by atoms with E-state index in [4.69, 9.17) is 15.2 Å². The minimum Gasteiger partial charge on any atom is -0.482 e. The quantitative estimate of drug-likeness (QED) is 0.768. The summed E-state index contributed by atoms with van der Waals surface area (Å²) in [5.41, 5.74) is 7.03. The van der Waals surface area contributed by atoms with Crippen LogP contribution in [0.1, 0.15) is 32.8 Å². The molecule has 19 heavy (non-hydrogen) atoms. The molecule has 0 bridgehead atoms. The standard InChI is InChI=1S/C15H23NO3/c1-4-13(16)8-12-6-5-7-14(9-12)18-10-15(17)19-11(2)3/h5-7,9,11,13H,4,8,10,16H2,1-3H3. The van der Waals surface area contributed by atoms with E-state index in [2.05, 4.69) is 6.92 Å². The fourth-order valence-corrected chi connectivity index (χ4v) is 1.65. The van der Waals surface area contributed by atoms with Crippen molar-refractivity contribution in [1.29, 1.82) is 0 Å². The van der Waals surface area contributed by atoms with Gasteiger partial charge in [-0.25, -0.2) is 4.79 Å². The van der Waals surface area contributed by atoms with Crippen LogP contribution in [0.15, 0.2) is 24.3 Å².